The third-order valence-corrected chi connectivity index (χ3v) is 5.84. The van der Waals surface area contributed by atoms with E-state index in [-0.39, 0.29) is 17.0 Å². The molecule has 0 aliphatic heterocycles. The van der Waals surface area contributed by atoms with Crippen LogP contribution in [0.3, 0.4) is 0 Å². The number of nitrogens with zero attached hydrogens (tertiary/aromatic N) is 1. The Bertz CT molecular complexity index is 1020. The summed E-state index contributed by atoms with van der Waals surface area (Å²) in [6.07, 6.45) is 0. The Balaban J connectivity index is 1.91. The predicted molar refractivity (Wildman–Crippen MR) is 104 cm³/mol. The maximum Gasteiger partial charge on any atom is 0.343 e. The first-order valence-corrected chi connectivity index (χ1v) is 9.91. The lowest BCUT2D eigenvalue weighted by Crippen LogP contribution is -2.30. The van der Waals surface area contributed by atoms with Crippen LogP contribution in [0.2, 0.25) is 0 Å². The molecule has 3 aromatic carbocycles. The van der Waals surface area contributed by atoms with E-state index < -0.39 is 16.0 Å². The van der Waals surface area contributed by atoms with Gasteiger partial charge in [0.25, 0.3) is 10.0 Å². The fourth-order valence-electron chi connectivity index (χ4n) is 2.65. The molecule has 0 radical (unpaired) electrons. The molecule has 138 valence electrons. The van der Waals surface area contributed by atoms with Crippen LogP contribution < -0.4 is 9.04 Å². The summed E-state index contributed by atoms with van der Waals surface area (Å²) >= 11 is 0. The molecule has 3 rings (SSSR count). The molecule has 0 saturated heterocycles. The SMILES string of the molecule is CCN(c1ccccc1)S(=O)(=O)c1cccc(C(=O)Oc2ccccc2)c1. The summed E-state index contributed by atoms with van der Waals surface area (Å²) in [6.45, 7) is 2.03. The largest absolute Gasteiger partial charge is 0.423 e. The Labute approximate surface area is 158 Å². The van der Waals surface area contributed by atoms with Crippen molar-refractivity contribution in [2.75, 3.05) is 10.8 Å². The van der Waals surface area contributed by atoms with Crippen molar-refractivity contribution in [1.29, 1.82) is 0 Å². The molecule has 5 nitrogen and oxygen atoms in total. The van der Waals surface area contributed by atoms with Crippen molar-refractivity contribution in [3.63, 3.8) is 0 Å². The van der Waals surface area contributed by atoms with Crippen LogP contribution in [0.5, 0.6) is 5.75 Å². The molecule has 0 amide bonds. The van der Waals surface area contributed by atoms with E-state index in [0.717, 1.165) is 0 Å². The van der Waals surface area contributed by atoms with Gasteiger partial charge in [0.2, 0.25) is 0 Å². The van der Waals surface area contributed by atoms with Crippen LogP contribution >= 0.6 is 0 Å². The maximum atomic E-state index is 13.1. The number of carbonyl (C=O) groups excluding carboxylic acids is 1. The molecule has 0 aliphatic rings. The zero-order chi connectivity index (χ0) is 19.3. The first-order chi connectivity index (χ1) is 13.0. The molecule has 0 fully saturated rings. The lowest BCUT2D eigenvalue weighted by atomic mass is 10.2. The minimum atomic E-state index is -3.81. The molecule has 3 aromatic rings. The maximum absolute atomic E-state index is 13.1. The van der Waals surface area contributed by atoms with Crippen LogP contribution in [0.15, 0.2) is 89.8 Å². The van der Waals surface area contributed by atoms with Crippen molar-refractivity contribution in [2.24, 2.45) is 0 Å². The summed E-state index contributed by atoms with van der Waals surface area (Å²) in [7, 11) is -3.81. The molecule has 0 atom stereocenters. The second-order valence-electron chi connectivity index (χ2n) is 5.74. The zero-order valence-electron chi connectivity index (χ0n) is 14.8. The van der Waals surface area contributed by atoms with Gasteiger partial charge in [-0.3, -0.25) is 4.31 Å². The molecule has 0 N–H and O–H groups in total. The van der Waals surface area contributed by atoms with Crippen molar-refractivity contribution in [3.05, 3.63) is 90.5 Å². The zero-order valence-corrected chi connectivity index (χ0v) is 15.6. The Kier molecular flexibility index (Phi) is 5.57. The number of carbonyl (C=O) groups is 1. The van der Waals surface area contributed by atoms with Crippen LogP contribution in [-0.2, 0) is 10.0 Å². The fraction of sp³-hybridized carbons (Fsp3) is 0.0952. The topological polar surface area (TPSA) is 63.7 Å². The van der Waals surface area contributed by atoms with Gasteiger partial charge in [-0.15, -0.1) is 0 Å². The van der Waals surface area contributed by atoms with E-state index in [1.807, 2.05) is 12.1 Å². The fourth-order valence-corrected chi connectivity index (χ4v) is 4.17. The normalized spacial score (nSPS) is 11.0. The standard InChI is InChI=1S/C21H19NO4S/c1-2-22(18-11-5-3-6-12-18)27(24,25)20-15-9-10-17(16-20)21(23)26-19-13-7-4-8-14-19/h3-16H,2H2,1H3. The van der Waals surface area contributed by atoms with Crippen molar-refractivity contribution in [3.8, 4) is 5.75 Å². The first kappa shape index (κ1) is 18.7. The molecule has 27 heavy (non-hydrogen) atoms. The third kappa shape index (κ3) is 4.17. The number of hydrogen-bond donors (Lipinski definition) is 0. The minimum Gasteiger partial charge on any atom is -0.423 e. The van der Waals surface area contributed by atoms with E-state index in [0.29, 0.717) is 11.4 Å². The summed E-state index contributed by atoms with van der Waals surface area (Å²) in [5.74, 6) is -0.212. The number of esters is 1. The van der Waals surface area contributed by atoms with Gasteiger partial charge in [0.1, 0.15) is 5.75 Å². The van der Waals surface area contributed by atoms with E-state index in [1.54, 1.807) is 55.5 Å². The quantitative estimate of drug-likeness (QED) is 0.476. The summed E-state index contributed by atoms with van der Waals surface area (Å²) in [6, 6.07) is 23.4. The predicted octanol–water partition coefficient (Wildman–Crippen LogP) is 4.12. The lowest BCUT2D eigenvalue weighted by molar-refractivity contribution is 0.0734. The number of benzene rings is 3. The molecular weight excluding hydrogens is 362 g/mol. The number of sulfonamides is 1. The van der Waals surface area contributed by atoms with Crippen LogP contribution in [-0.4, -0.2) is 20.9 Å². The number of ether oxygens (including phenoxy) is 1. The highest BCUT2D eigenvalue weighted by Gasteiger charge is 2.24. The monoisotopic (exact) mass is 381 g/mol. The number of hydrogen-bond acceptors (Lipinski definition) is 4. The number of para-hydroxylation sites is 2. The molecule has 0 aliphatic carbocycles. The Morgan fingerprint density at radius 2 is 1.52 bits per heavy atom. The molecular formula is C21H19NO4S. The first-order valence-electron chi connectivity index (χ1n) is 8.47. The van der Waals surface area contributed by atoms with Crippen molar-refractivity contribution < 1.29 is 17.9 Å². The molecule has 0 unspecified atom stereocenters. The second-order valence-corrected chi connectivity index (χ2v) is 7.60. The van der Waals surface area contributed by atoms with Gasteiger partial charge < -0.3 is 4.74 Å². The Hall–Kier alpha value is -3.12. The van der Waals surface area contributed by atoms with Gasteiger partial charge in [-0.25, -0.2) is 13.2 Å². The Morgan fingerprint density at radius 3 is 2.15 bits per heavy atom. The van der Waals surface area contributed by atoms with Crippen LogP contribution in [0.25, 0.3) is 0 Å². The Morgan fingerprint density at radius 1 is 0.889 bits per heavy atom. The number of rotatable bonds is 6. The van der Waals surface area contributed by atoms with Crippen LogP contribution in [0.1, 0.15) is 17.3 Å². The summed E-state index contributed by atoms with van der Waals surface area (Å²) < 4.78 is 32.7. The van der Waals surface area contributed by atoms with Gasteiger partial charge in [-0.2, -0.15) is 0 Å². The summed E-state index contributed by atoms with van der Waals surface area (Å²) in [5.41, 5.74) is 0.737. The van der Waals surface area contributed by atoms with E-state index in [9.17, 15) is 13.2 Å². The number of anilines is 1. The van der Waals surface area contributed by atoms with Gasteiger partial charge >= 0.3 is 5.97 Å². The molecule has 0 saturated carbocycles. The van der Waals surface area contributed by atoms with E-state index >= 15 is 0 Å². The van der Waals surface area contributed by atoms with Gasteiger partial charge in [0, 0.05) is 6.54 Å². The van der Waals surface area contributed by atoms with Crippen molar-refractivity contribution >= 4 is 21.7 Å². The third-order valence-electron chi connectivity index (χ3n) is 3.94. The van der Waals surface area contributed by atoms with Gasteiger partial charge in [-0.1, -0.05) is 42.5 Å². The van der Waals surface area contributed by atoms with E-state index in [1.165, 1.54) is 28.6 Å². The highest BCUT2D eigenvalue weighted by molar-refractivity contribution is 7.92. The highest BCUT2D eigenvalue weighted by Crippen LogP contribution is 2.24. The summed E-state index contributed by atoms with van der Waals surface area (Å²) in [5, 5.41) is 0. The van der Waals surface area contributed by atoms with E-state index in [2.05, 4.69) is 0 Å². The average molecular weight is 381 g/mol. The van der Waals surface area contributed by atoms with Gasteiger partial charge in [-0.05, 0) is 49.4 Å². The molecule has 6 heteroatoms. The van der Waals surface area contributed by atoms with Crippen molar-refractivity contribution in [2.45, 2.75) is 11.8 Å². The van der Waals surface area contributed by atoms with E-state index in [4.69, 9.17) is 4.74 Å². The molecule has 0 spiro atoms. The summed E-state index contributed by atoms with van der Waals surface area (Å²) in [4.78, 5) is 12.4. The average Bonchev–Trinajstić information content (AvgIpc) is 2.70. The smallest absolute Gasteiger partial charge is 0.343 e. The molecule has 0 bridgehead atoms. The van der Waals surface area contributed by atoms with Crippen LogP contribution in [0.4, 0.5) is 5.69 Å². The van der Waals surface area contributed by atoms with Gasteiger partial charge in [0.15, 0.2) is 0 Å². The van der Waals surface area contributed by atoms with Crippen molar-refractivity contribution in [1.82, 2.24) is 0 Å². The van der Waals surface area contributed by atoms with Gasteiger partial charge in [0.05, 0.1) is 16.1 Å². The van der Waals surface area contributed by atoms with Crippen LogP contribution in [0, 0.1) is 0 Å². The molecule has 0 heterocycles. The second kappa shape index (κ2) is 8.05. The molecule has 0 aromatic heterocycles. The minimum absolute atomic E-state index is 0.0377. The highest BCUT2D eigenvalue weighted by atomic mass is 32.2. The lowest BCUT2D eigenvalue weighted by Gasteiger charge is -2.23.